The van der Waals surface area contributed by atoms with Gasteiger partial charge in [-0.2, -0.15) is 0 Å². The lowest BCUT2D eigenvalue weighted by molar-refractivity contribution is -0.157. The summed E-state index contributed by atoms with van der Waals surface area (Å²) in [5.41, 5.74) is 0.876. The average Bonchev–Trinajstić information content (AvgIpc) is 2.72. The van der Waals surface area contributed by atoms with E-state index in [-0.39, 0.29) is 17.3 Å². The van der Waals surface area contributed by atoms with Gasteiger partial charge in [0.2, 0.25) is 0 Å². The fourth-order valence-electron chi connectivity index (χ4n) is 4.40. The minimum atomic E-state index is -1.21. The van der Waals surface area contributed by atoms with E-state index in [9.17, 15) is 14.4 Å². The predicted octanol–water partition coefficient (Wildman–Crippen LogP) is 5.43. The summed E-state index contributed by atoms with van der Waals surface area (Å²) >= 11 is 6.19. The summed E-state index contributed by atoms with van der Waals surface area (Å²) in [6.45, 7) is 8.47. The Morgan fingerprint density at radius 2 is 1.53 bits per heavy atom. The van der Waals surface area contributed by atoms with Crippen LogP contribution in [-0.4, -0.2) is 24.5 Å². The normalized spacial score (nSPS) is 18.6. The number of aryl methyl sites for hydroxylation is 1. The Bertz CT molecular complexity index is 1020. The van der Waals surface area contributed by atoms with Gasteiger partial charge in [-0.25, -0.2) is 0 Å². The first-order valence-electron chi connectivity index (χ1n) is 10.1. The maximum atomic E-state index is 13.2. The molecule has 0 spiro atoms. The van der Waals surface area contributed by atoms with Crippen molar-refractivity contribution < 1.29 is 19.1 Å². The number of ketones is 3. The molecule has 0 aromatic heterocycles. The van der Waals surface area contributed by atoms with Gasteiger partial charge in [0, 0.05) is 10.6 Å². The fourth-order valence-corrected chi connectivity index (χ4v) is 4.57. The molecule has 0 saturated heterocycles. The van der Waals surface area contributed by atoms with Gasteiger partial charge in [0.25, 0.3) is 0 Å². The first-order chi connectivity index (χ1) is 14.0. The number of rotatable bonds is 4. The maximum Gasteiger partial charge on any atom is 0.160 e. The number of Topliss-reactive ketones (excluding diaryl/α,β-unsaturated/α-hetero) is 3. The molecule has 0 N–H and O–H groups in total. The fraction of sp³-hybridized carbons (Fsp3) is 0.400. The minimum absolute atomic E-state index is 0.320. The Kier molecular flexibility index (Phi) is 5.68. The molecule has 1 saturated carbocycles. The Balaban J connectivity index is 2.16. The second-order valence-corrected chi connectivity index (χ2v) is 9.29. The van der Waals surface area contributed by atoms with Gasteiger partial charge < -0.3 is 4.74 Å². The van der Waals surface area contributed by atoms with E-state index in [4.69, 9.17) is 16.3 Å². The second-order valence-electron chi connectivity index (χ2n) is 8.85. The summed E-state index contributed by atoms with van der Waals surface area (Å²) in [5, 5.41) is 0.590. The number of hydrogen-bond acceptors (Lipinski definition) is 4. The van der Waals surface area contributed by atoms with E-state index in [0.29, 0.717) is 22.8 Å². The van der Waals surface area contributed by atoms with Crippen LogP contribution in [0.4, 0.5) is 0 Å². The van der Waals surface area contributed by atoms with E-state index in [1.807, 2.05) is 37.3 Å². The second kappa shape index (κ2) is 7.66. The highest BCUT2D eigenvalue weighted by atomic mass is 35.5. The summed E-state index contributed by atoms with van der Waals surface area (Å²) in [6.07, 6.45) is 0.637. The molecule has 0 aliphatic heterocycles. The lowest BCUT2D eigenvalue weighted by Gasteiger charge is -2.41. The maximum absolute atomic E-state index is 13.2. The molecule has 5 heteroatoms. The summed E-state index contributed by atoms with van der Waals surface area (Å²) in [4.78, 5) is 39.3. The number of carbonyl (C=O) groups is 3. The van der Waals surface area contributed by atoms with Gasteiger partial charge in [-0.1, -0.05) is 36.7 Å². The molecule has 0 atom stereocenters. The third kappa shape index (κ3) is 3.37. The molecule has 4 nitrogen and oxygen atoms in total. The number of ether oxygens (including phenoxy) is 1. The van der Waals surface area contributed by atoms with Crippen molar-refractivity contribution in [3.8, 4) is 16.9 Å². The lowest BCUT2D eigenvalue weighted by Crippen LogP contribution is -2.56. The van der Waals surface area contributed by atoms with Gasteiger partial charge in [0.15, 0.2) is 17.3 Å². The van der Waals surface area contributed by atoms with Crippen LogP contribution in [0.5, 0.6) is 5.75 Å². The largest absolute Gasteiger partial charge is 0.496 e. The lowest BCUT2D eigenvalue weighted by atomic mass is 9.57. The van der Waals surface area contributed by atoms with Crippen molar-refractivity contribution in [1.82, 2.24) is 0 Å². The van der Waals surface area contributed by atoms with Crippen LogP contribution in [0.2, 0.25) is 5.02 Å². The first kappa shape index (κ1) is 22.2. The van der Waals surface area contributed by atoms with E-state index in [2.05, 4.69) is 0 Å². The third-order valence-electron chi connectivity index (χ3n) is 6.20. The van der Waals surface area contributed by atoms with Gasteiger partial charge in [0.1, 0.15) is 11.7 Å². The van der Waals surface area contributed by atoms with Crippen molar-refractivity contribution in [2.45, 2.75) is 47.0 Å². The van der Waals surface area contributed by atoms with Crippen LogP contribution in [-0.2, 0) is 20.8 Å². The Labute approximate surface area is 182 Å². The molecule has 2 aromatic carbocycles. The summed E-state index contributed by atoms with van der Waals surface area (Å²) in [7, 11) is 1.60. The van der Waals surface area contributed by atoms with Crippen LogP contribution in [0.25, 0.3) is 11.1 Å². The molecule has 1 aliphatic rings. The number of methoxy groups -OCH3 is 1. The smallest absolute Gasteiger partial charge is 0.160 e. The van der Waals surface area contributed by atoms with Crippen molar-refractivity contribution in [3.05, 3.63) is 52.5 Å². The van der Waals surface area contributed by atoms with E-state index in [1.54, 1.807) is 40.9 Å². The zero-order valence-corrected chi connectivity index (χ0v) is 19.0. The minimum Gasteiger partial charge on any atom is -0.496 e. The molecule has 0 amide bonds. The van der Waals surface area contributed by atoms with Crippen LogP contribution in [0.3, 0.4) is 0 Å². The monoisotopic (exact) mass is 426 g/mol. The zero-order valence-electron chi connectivity index (χ0n) is 18.3. The van der Waals surface area contributed by atoms with E-state index in [1.165, 1.54) is 0 Å². The first-order valence-corrected chi connectivity index (χ1v) is 10.4. The summed E-state index contributed by atoms with van der Waals surface area (Å²) in [6, 6.07) is 11.1. The Hall–Kier alpha value is -2.46. The van der Waals surface area contributed by atoms with Crippen molar-refractivity contribution in [1.29, 1.82) is 0 Å². The third-order valence-corrected chi connectivity index (χ3v) is 6.43. The van der Waals surface area contributed by atoms with E-state index >= 15 is 0 Å². The molecule has 1 aliphatic carbocycles. The van der Waals surface area contributed by atoms with Crippen LogP contribution in [0.15, 0.2) is 36.4 Å². The highest BCUT2D eigenvalue weighted by molar-refractivity contribution is 6.31. The van der Waals surface area contributed by atoms with Gasteiger partial charge in [-0.15, -0.1) is 0 Å². The summed E-state index contributed by atoms with van der Waals surface area (Å²) in [5.74, 6) is -1.25. The Morgan fingerprint density at radius 3 is 2.07 bits per heavy atom. The molecule has 0 bridgehead atoms. The topological polar surface area (TPSA) is 60.4 Å². The van der Waals surface area contributed by atoms with Crippen molar-refractivity contribution in [2.24, 2.45) is 10.8 Å². The molecule has 158 valence electrons. The van der Waals surface area contributed by atoms with Crippen LogP contribution in [0.1, 0.15) is 51.7 Å². The van der Waals surface area contributed by atoms with Crippen molar-refractivity contribution >= 4 is 29.0 Å². The van der Waals surface area contributed by atoms with Gasteiger partial charge >= 0.3 is 0 Å². The highest BCUT2D eigenvalue weighted by Gasteiger charge is 2.58. The van der Waals surface area contributed by atoms with E-state index < -0.39 is 16.7 Å². The number of carbonyl (C=O) groups excluding carboxylic acids is 3. The molecule has 0 heterocycles. The van der Waals surface area contributed by atoms with Gasteiger partial charge in [-0.3, -0.25) is 14.4 Å². The number of halogens is 1. The van der Waals surface area contributed by atoms with Crippen molar-refractivity contribution in [3.63, 3.8) is 0 Å². The van der Waals surface area contributed by atoms with Crippen LogP contribution < -0.4 is 4.74 Å². The molecule has 2 aromatic rings. The molecule has 30 heavy (non-hydrogen) atoms. The van der Waals surface area contributed by atoms with Crippen molar-refractivity contribution in [2.75, 3.05) is 7.11 Å². The SMILES string of the molecule is CCc1cc(-c2cc(Cl)ccc2OC)ccc1C1C(=O)C(C)(C)C(=O)C(C)(C)C1=O. The Morgan fingerprint density at radius 1 is 0.933 bits per heavy atom. The summed E-state index contributed by atoms with van der Waals surface area (Å²) < 4.78 is 5.47. The number of benzene rings is 2. The number of hydrogen-bond donors (Lipinski definition) is 0. The molecule has 1 fully saturated rings. The van der Waals surface area contributed by atoms with Crippen LogP contribution >= 0.6 is 11.6 Å². The molecule has 3 rings (SSSR count). The molecule has 0 unspecified atom stereocenters. The highest BCUT2D eigenvalue weighted by Crippen LogP contribution is 2.46. The average molecular weight is 427 g/mol. The zero-order chi connectivity index (χ0) is 22.4. The van der Waals surface area contributed by atoms with Gasteiger partial charge in [-0.05, 0) is 69.0 Å². The quantitative estimate of drug-likeness (QED) is 0.611. The standard InChI is InChI=1S/C25H27ClO4/c1-7-14-12-15(18-13-16(26)9-11-19(18)30-6)8-10-17(14)20-21(27)24(2,3)23(29)25(4,5)22(20)28/h8-13,20H,7H2,1-6H3. The van der Waals surface area contributed by atoms with Crippen LogP contribution in [0, 0.1) is 10.8 Å². The van der Waals surface area contributed by atoms with Gasteiger partial charge in [0.05, 0.1) is 17.9 Å². The molecule has 0 radical (unpaired) electrons. The van der Waals surface area contributed by atoms with E-state index in [0.717, 1.165) is 16.7 Å². The predicted molar refractivity (Wildman–Crippen MR) is 118 cm³/mol. The molecular formula is C25H27ClO4. The molecular weight excluding hydrogens is 400 g/mol.